The minimum atomic E-state index is -0.538. The Hall–Kier alpha value is -4.05. The number of thiazole rings is 1. The molecule has 0 saturated carbocycles. The Morgan fingerprint density at radius 2 is 1.76 bits per heavy atom. The van der Waals surface area contributed by atoms with Gasteiger partial charge in [0.05, 0.1) is 23.4 Å². The molecule has 0 saturated heterocycles. The van der Waals surface area contributed by atoms with E-state index in [9.17, 15) is 19.2 Å². The maximum Gasteiger partial charge on any atom is 0.260 e. The molecule has 0 bridgehead atoms. The van der Waals surface area contributed by atoms with Crippen LogP contribution in [0.3, 0.4) is 0 Å². The molecular weight excluding hydrogens is 454 g/mol. The number of rotatable bonds is 7. The number of carbonyl (C=O) groups excluding carboxylic acids is 4. The maximum atomic E-state index is 13.4. The molecule has 0 unspecified atom stereocenters. The van der Waals surface area contributed by atoms with Crippen molar-refractivity contribution in [3.63, 3.8) is 0 Å². The molecule has 3 N–H and O–H groups in total. The molecule has 3 heterocycles. The average molecular weight is 476 g/mol. The van der Waals surface area contributed by atoms with Crippen LogP contribution in [-0.4, -0.2) is 40.1 Å². The number of hydrogen-bond acceptors (Lipinski definition) is 6. The molecule has 1 atom stereocenters. The van der Waals surface area contributed by atoms with Crippen molar-refractivity contribution in [2.75, 3.05) is 16.8 Å². The molecule has 0 aliphatic carbocycles. The van der Waals surface area contributed by atoms with Crippen LogP contribution < -0.4 is 16.0 Å². The van der Waals surface area contributed by atoms with Gasteiger partial charge in [0, 0.05) is 29.5 Å². The Labute approximate surface area is 199 Å². The van der Waals surface area contributed by atoms with Gasteiger partial charge >= 0.3 is 0 Å². The summed E-state index contributed by atoms with van der Waals surface area (Å²) >= 11 is 1.22. The third kappa shape index (κ3) is 3.81. The number of para-hydroxylation sites is 1. The number of carbonyl (C=O) groups is 4. The first-order valence-corrected chi connectivity index (χ1v) is 11.7. The number of primary amides is 1. The second kappa shape index (κ2) is 8.71. The normalized spacial score (nSPS) is 16.2. The van der Waals surface area contributed by atoms with Crippen LogP contribution in [0, 0.1) is 0 Å². The lowest BCUT2D eigenvalue weighted by Crippen LogP contribution is -2.48. The van der Waals surface area contributed by atoms with Gasteiger partial charge in [-0.2, -0.15) is 0 Å². The number of nitrogens with one attached hydrogen (secondary N) is 1. The summed E-state index contributed by atoms with van der Waals surface area (Å²) in [6, 6.07) is 14.4. The number of anilines is 2. The summed E-state index contributed by atoms with van der Waals surface area (Å²) in [5.74, 6) is -1.04. The minimum Gasteiger partial charge on any atom is -0.369 e. The Kier molecular flexibility index (Phi) is 5.58. The highest BCUT2D eigenvalue weighted by Crippen LogP contribution is 2.45. The second-order valence-corrected chi connectivity index (χ2v) is 8.95. The first-order chi connectivity index (χ1) is 16.4. The number of amides is 4. The standard InChI is InChI=1S/C24H21N5O4S/c25-19(30)12-14-13-34-24(26-14)27-20(31)10-5-11-28-21-15-6-1-2-7-16(15)23(33)29(21)18-9-4-3-8-17(18)22(28)32/h1-4,6-9,13,21H,5,10-12H2,(H2,25,30)(H,26,27,31)/t21-/m0/s1. The number of aromatic nitrogens is 1. The van der Waals surface area contributed by atoms with Crippen molar-refractivity contribution in [1.82, 2.24) is 9.88 Å². The lowest BCUT2D eigenvalue weighted by molar-refractivity contribution is -0.117. The summed E-state index contributed by atoms with van der Waals surface area (Å²) < 4.78 is 0. The van der Waals surface area contributed by atoms with Gasteiger partial charge in [0.15, 0.2) is 5.13 Å². The molecule has 3 aromatic rings. The molecule has 0 fully saturated rings. The summed E-state index contributed by atoms with van der Waals surface area (Å²) in [5.41, 5.74) is 8.11. The van der Waals surface area contributed by atoms with Gasteiger partial charge in [-0.05, 0) is 24.6 Å². The zero-order valence-corrected chi connectivity index (χ0v) is 18.9. The first kappa shape index (κ1) is 21.8. The molecule has 0 radical (unpaired) electrons. The molecule has 10 heteroatoms. The third-order valence-corrected chi connectivity index (χ3v) is 6.65. The van der Waals surface area contributed by atoms with Gasteiger partial charge in [-0.3, -0.25) is 24.1 Å². The smallest absolute Gasteiger partial charge is 0.260 e. The molecule has 1 aromatic heterocycles. The zero-order valence-electron chi connectivity index (χ0n) is 18.1. The number of nitrogens with two attached hydrogens (primary N) is 1. The van der Waals surface area contributed by atoms with Crippen molar-refractivity contribution < 1.29 is 19.2 Å². The lowest BCUT2D eigenvalue weighted by atomic mass is 10.0. The van der Waals surface area contributed by atoms with E-state index in [2.05, 4.69) is 10.3 Å². The van der Waals surface area contributed by atoms with E-state index in [1.807, 2.05) is 24.3 Å². The van der Waals surface area contributed by atoms with Gasteiger partial charge in [-0.1, -0.05) is 30.3 Å². The predicted octanol–water partition coefficient (Wildman–Crippen LogP) is 2.70. The highest BCUT2D eigenvalue weighted by Gasteiger charge is 2.47. The molecule has 172 valence electrons. The van der Waals surface area contributed by atoms with Gasteiger partial charge in [-0.15, -0.1) is 11.3 Å². The lowest BCUT2D eigenvalue weighted by Gasteiger charge is -2.41. The van der Waals surface area contributed by atoms with Crippen molar-refractivity contribution in [1.29, 1.82) is 0 Å². The number of benzene rings is 2. The molecule has 2 aliphatic rings. The third-order valence-electron chi connectivity index (χ3n) is 5.84. The summed E-state index contributed by atoms with van der Waals surface area (Å²) in [6.45, 7) is 0.300. The van der Waals surface area contributed by atoms with Crippen molar-refractivity contribution in [2.24, 2.45) is 5.73 Å². The van der Waals surface area contributed by atoms with Crippen molar-refractivity contribution >= 4 is 45.8 Å². The summed E-state index contributed by atoms with van der Waals surface area (Å²) in [7, 11) is 0. The highest BCUT2D eigenvalue weighted by atomic mass is 32.1. The second-order valence-electron chi connectivity index (χ2n) is 8.09. The average Bonchev–Trinajstić information content (AvgIpc) is 3.37. The van der Waals surface area contributed by atoms with Crippen molar-refractivity contribution in [3.8, 4) is 0 Å². The number of nitrogens with zero attached hydrogens (tertiary/aromatic N) is 3. The molecule has 34 heavy (non-hydrogen) atoms. The van der Waals surface area contributed by atoms with Gasteiger partial charge in [0.25, 0.3) is 11.8 Å². The summed E-state index contributed by atoms with van der Waals surface area (Å²) in [6.07, 6.45) is 0.0472. The Morgan fingerprint density at radius 3 is 2.56 bits per heavy atom. The van der Waals surface area contributed by atoms with Gasteiger partial charge in [0.1, 0.15) is 6.17 Å². The largest absolute Gasteiger partial charge is 0.369 e. The van der Waals surface area contributed by atoms with Crippen LogP contribution in [0.5, 0.6) is 0 Å². The van der Waals surface area contributed by atoms with Gasteiger partial charge in [-0.25, -0.2) is 4.98 Å². The van der Waals surface area contributed by atoms with Crippen LogP contribution >= 0.6 is 11.3 Å². The quantitative estimate of drug-likeness (QED) is 0.543. The molecule has 0 spiro atoms. The fourth-order valence-electron chi connectivity index (χ4n) is 4.42. The van der Waals surface area contributed by atoms with E-state index in [-0.39, 0.29) is 30.6 Å². The van der Waals surface area contributed by atoms with Crippen molar-refractivity contribution in [2.45, 2.75) is 25.4 Å². The van der Waals surface area contributed by atoms with Crippen LogP contribution in [-0.2, 0) is 16.0 Å². The summed E-state index contributed by atoms with van der Waals surface area (Å²) in [5, 5.41) is 4.79. The molecule has 4 amide bonds. The van der Waals surface area contributed by atoms with E-state index < -0.39 is 12.1 Å². The fraction of sp³-hybridized carbons (Fsp3) is 0.208. The van der Waals surface area contributed by atoms with Crippen molar-refractivity contribution in [3.05, 3.63) is 76.3 Å². The first-order valence-electron chi connectivity index (χ1n) is 10.8. The van der Waals surface area contributed by atoms with E-state index >= 15 is 0 Å². The van der Waals surface area contributed by atoms with Crippen LogP contribution in [0.2, 0.25) is 0 Å². The van der Waals surface area contributed by atoms with Crippen LogP contribution in [0.1, 0.15) is 51.0 Å². The zero-order chi connectivity index (χ0) is 23.8. The van der Waals surface area contributed by atoms with Crippen LogP contribution in [0.15, 0.2) is 53.9 Å². The Bertz CT molecular complexity index is 1320. The van der Waals surface area contributed by atoms with E-state index in [0.717, 1.165) is 5.56 Å². The topological polar surface area (TPSA) is 126 Å². The van der Waals surface area contributed by atoms with E-state index in [4.69, 9.17) is 5.73 Å². The summed E-state index contributed by atoms with van der Waals surface area (Å²) in [4.78, 5) is 57.5. The van der Waals surface area contributed by atoms with E-state index in [1.54, 1.807) is 39.4 Å². The predicted molar refractivity (Wildman–Crippen MR) is 126 cm³/mol. The molecular formula is C24H21N5O4S. The monoisotopic (exact) mass is 475 g/mol. The fourth-order valence-corrected chi connectivity index (χ4v) is 5.14. The molecule has 5 rings (SSSR count). The Morgan fingerprint density at radius 1 is 1.03 bits per heavy atom. The molecule has 2 aliphatic heterocycles. The van der Waals surface area contributed by atoms with E-state index in [1.165, 1.54) is 11.3 Å². The number of hydrogen-bond donors (Lipinski definition) is 2. The number of fused-ring (bicyclic) bond motifs is 5. The van der Waals surface area contributed by atoms with Gasteiger partial charge < -0.3 is 16.0 Å². The molecule has 2 aromatic carbocycles. The van der Waals surface area contributed by atoms with E-state index in [0.29, 0.717) is 40.6 Å². The van der Waals surface area contributed by atoms with Crippen LogP contribution in [0.25, 0.3) is 0 Å². The minimum absolute atomic E-state index is 0.0169. The molecule has 9 nitrogen and oxygen atoms in total. The Balaban J connectivity index is 1.31. The highest BCUT2D eigenvalue weighted by molar-refractivity contribution is 7.13. The van der Waals surface area contributed by atoms with Gasteiger partial charge in [0.2, 0.25) is 11.8 Å². The maximum absolute atomic E-state index is 13.4. The van der Waals surface area contributed by atoms with Crippen LogP contribution in [0.4, 0.5) is 10.8 Å². The SMILES string of the molecule is NC(=O)Cc1csc(NC(=O)CCCN2C(=O)c3ccccc3N3C(=O)c4ccccc4[C@@H]23)n1.